The van der Waals surface area contributed by atoms with Crippen LogP contribution >= 0.6 is 27.5 Å². The summed E-state index contributed by atoms with van der Waals surface area (Å²) in [6, 6.07) is 12.0. The maximum atomic E-state index is 13.4. The molecule has 1 amide bonds. The van der Waals surface area contributed by atoms with Crippen LogP contribution in [0.5, 0.6) is 5.75 Å². The highest BCUT2D eigenvalue weighted by Gasteiger charge is 2.15. The van der Waals surface area contributed by atoms with Crippen molar-refractivity contribution in [2.45, 2.75) is 6.92 Å². The molecular formula is C20H16BrClFN3O3. The minimum atomic E-state index is -1.16. The van der Waals surface area contributed by atoms with E-state index in [1.807, 2.05) is 13.0 Å². The van der Waals surface area contributed by atoms with Gasteiger partial charge in [-0.25, -0.2) is 9.18 Å². The van der Waals surface area contributed by atoms with Crippen LogP contribution in [0.2, 0.25) is 5.02 Å². The van der Waals surface area contributed by atoms with Crippen LogP contribution in [0.3, 0.4) is 0 Å². The summed E-state index contributed by atoms with van der Waals surface area (Å²) in [6.07, 6.45) is 0.313. The molecule has 150 valence electrons. The average Bonchev–Trinajstić information content (AvgIpc) is 2.67. The smallest absolute Gasteiger partial charge is 0.407 e. The zero-order chi connectivity index (χ0) is 21.6. The molecule has 0 unspecified atom stereocenters. The van der Waals surface area contributed by atoms with Crippen molar-refractivity contribution in [3.05, 3.63) is 86.9 Å². The molecule has 0 bridgehead atoms. The Labute approximate surface area is 179 Å². The second-order valence-electron chi connectivity index (χ2n) is 5.76. The fourth-order valence-electron chi connectivity index (χ4n) is 2.13. The number of amides is 1. The number of aromatic nitrogens is 1. The largest absolute Gasteiger partial charge is 0.410 e. The number of carbonyl (C=O) groups excluding carboxylic acids is 2. The minimum Gasteiger partial charge on any atom is -0.407 e. The van der Waals surface area contributed by atoms with Gasteiger partial charge in [-0.05, 0) is 76.9 Å². The Hall–Kier alpha value is -2.97. The molecule has 2 aromatic carbocycles. The number of benzene rings is 2. The van der Waals surface area contributed by atoms with Gasteiger partial charge in [-0.1, -0.05) is 11.6 Å². The molecule has 0 fully saturated rings. The zero-order valence-corrected chi connectivity index (χ0v) is 17.5. The van der Waals surface area contributed by atoms with Gasteiger partial charge in [0.05, 0.1) is 0 Å². The molecule has 1 aromatic heterocycles. The summed E-state index contributed by atoms with van der Waals surface area (Å²) < 4.78 is 18.6. The molecule has 4 N–H and O–H groups in total. The molecule has 9 heteroatoms. The van der Waals surface area contributed by atoms with Gasteiger partial charge in [-0.2, -0.15) is 0 Å². The van der Waals surface area contributed by atoms with Crippen molar-refractivity contribution in [2.75, 3.05) is 5.73 Å². The van der Waals surface area contributed by atoms with Gasteiger partial charge in [0.15, 0.2) is 11.6 Å². The zero-order valence-electron chi connectivity index (χ0n) is 15.2. The molecule has 0 aliphatic rings. The second kappa shape index (κ2) is 9.99. The third-order valence-corrected chi connectivity index (χ3v) is 4.30. The van der Waals surface area contributed by atoms with Crippen LogP contribution in [0.4, 0.5) is 14.9 Å². The van der Waals surface area contributed by atoms with Crippen LogP contribution in [0.15, 0.2) is 59.2 Å². The van der Waals surface area contributed by atoms with E-state index in [1.165, 1.54) is 18.3 Å². The number of halogens is 3. The van der Waals surface area contributed by atoms with Crippen LogP contribution in [-0.2, 0) is 0 Å². The summed E-state index contributed by atoms with van der Waals surface area (Å²) in [5.41, 5.74) is 12.5. The van der Waals surface area contributed by atoms with E-state index in [-0.39, 0.29) is 11.3 Å². The molecule has 0 radical (unpaired) electrons. The Balaban J connectivity index is 0.000000278. The number of nitrogens with zero attached hydrogens (tertiary/aromatic N) is 1. The first kappa shape index (κ1) is 22.3. The van der Waals surface area contributed by atoms with Gasteiger partial charge in [0.1, 0.15) is 5.69 Å². The summed E-state index contributed by atoms with van der Waals surface area (Å²) in [7, 11) is 0. The van der Waals surface area contributed by atoms with E-state index in [1.54, 1.807) is 18.2 Å². The Bertz CT molecular complexity index is 1050. The Morgan fingerprint density at radius 3 is 2.41 bits per heavy atom. The van der Waals surface area contributed by atoms with Crippen molar-refractivity contribution >= 4 is 45.1 Å². The summed E-state index contributed by atoms with van der Waals surface area (Å²) in [5.74, 6) is -1.61. The summed E-state index contributed by atoms with van der Waals surface area (Å²) in [4.78, 5) is 26.7. The molecule has 29 heavy (non-hydrogen) atoms. The van der Waals surface area contributed by atoms with Gasteiger partial charge in [0.25, 0.3) is 0 Å². The lowest BCUT2D eigenvalue weighted by atomic mass is 10.1. The molecule has 0 spiro atoms. The van der Waals surface area contributed by atoms with Gasteiger partial charge in [0, 0.05) is 26.9 Å². The maximum absolute atomic E-state index is 13.4. The fraction of sp³-hybridized carbons (Fsp3) is 0.0500. The van der Waals surface area contributed by atoms with Gasteiger partial charge < -0.3 is 16.2 Å². The highest BCUT2D eigenvalue weighted by atomic mass is 79.9. The van der Waals surface area contributed by atoms with Crippen molar-refractivity contribution in [3.8, 4) is 5.75 Å². The summed E-state index contributed by atoms with van der Waals surface area (Å²) in [5, 5.41) is 0.738. The number of ketones is 1. The first-order valence-electron chi connectivity index (χ1n) is 8.12. The number of carbonyl (C=O) groups is 2. The number of hydrogen-bond acceptors (Lipinski definition) is 5. The van der Waals surface area contributed by atoms with Gasteiger partial charge in [0.2, 0.25) is 5.78 Å². The van der Waals surface area contributed by atoms with Gasteiger partial charge in [-0.3, -0.25) is 9.78 Å². The number of ether oxygens (including phenoxy) is 1. The van der Waals surface area contributed by atoms with E-state index in [0.717, 1.165) is 32.9 Å². The lowest BCUT2D eigenvalue weighted by Crippen LogP contribution is -2.17. The van der Waals surface area contributed by atoms with E-state index in [9.17, 15) is 14.0 Å². The standard InChI is InChI=1S/C13H8BrFN2O3.C7H8ClN/c14-8-2-4-10(17-6-8)12(18)7-1-3-9(15)11(5-7)20-13(16)19;1-5-4-6(8)2-3-7(5)9/h1-6H,(H2,16,19);2-4H,9H2,1H3. The highest BCUT2D eigenvalue weighted by Crippen LogP contribution is 2.21. The lowest BCUT2D eigenvalue weighted by molar-refractivity contribution is 0.103. The molecule has 3 rings (SSSR count). The third-order valence-electron chi connectivity index (χ3n) is 3.60. The van der Waals surface area contributed by atoms with Crippen molar-refractivity contribution in [3.63, 3.8) is 0 Å². The molecule has 0 aliphatic heterocycles. The second-order valence-corrected chi connectivity index (χ2v) is 7.11. The molecule has 3 aromatic rings. The first-order chi connectivity index (χ1) is 13.7. The molecule has 0 atom stereocenters. The minimum absolute atomic E-state index is 0.137. The highest BCUT2D eigenvalue weighted by molar-refractivity contribution is 9.10. The van der Waals surface area contributed by atoms with E-state index in [2.05, 4.69) is 25.7 Å². The monoisotopic (exact) mass is 479 g/mol. The van der Waals surface area contributed by atoms with Crippen LogP contribution in [0.1, 0.15) is 21.6 Å². The predicted molar refractivity (Wildman–Crippen MR) is 113 cm³/mol. The normalized spacial score (nSPS) is 9.93. The quantitative estimate of drug-likeness (QED) is 0.409. The molecule has 0 saturated heterocycles. The SMILES string of the molecule is Cc1cc(Cl)ccc1N.NC(=O)Oc1cc(C(=O)c2ccc(Br)cn2)ccc1F. The Kier molecular flexibility index (Phi) is 7.69. The number of rotatable bonds is 3. The maximum Gasteiger partial charge on any atom is 0.410 e. The number of anilines is 1. The number of aryl methyl sites for hydroxylation is 1. The fourth-order valence-corrected chi connectivity index (χ4v) is 2.59. The number of nitrogen functional groups attached to an aromatic ring is 1. The van der Waals surface area contributed by atoms with E-state index in [0.29, 0.717) is 0 Å². The molecule has 0 aliphatic carbocycles. The van der Waals surface area contributed by atoms with Gasteiger partial charge in [-0.15, -0.1) is 0 Å². The van der Waals surface area contributed by atoms with Crippen LogP contribution in [0, 0.1) is 12.7 Å². The summed E-state index contributed by atoms with van der Waals surface area (Å²) in [6.45, 7) is 1.93. The number of pyridine rings is 1. The van der Waals surface area contributed by atoms with Crippen molar-refractivity contribution in [1.29, 1.82) is 0 Å². The lowest BCUT2D eigenvalue weighted by Gasteiger charge is -2.05. The van der Waals surface area contributed by atoms with Crippen LogP contribution < -0.4 is 16.2 Å². The third kappa shape index (κ3) is 6.55. The molecule has 1 heterocycles. The Morgan fingerprint density at radius 2 is 1.86 bits per heavy atom. The predicted octanol–water partition coefficient (Wildman–Crippen LogP) is 4.90. The van der Waals surface area contributed by atoms with Crippen LogP contribution in [0.25, 0.3) is 0 Å². The Morgan fingerprint density at radius 1 is 1.14 bits per heavy atom. The van der Waals surface area contributed by atoms with Gasteiger partial charge >= 0.3 is 6.09 Å². The first-order valence-corrected chi connectivity index (χ1v) is 9.29. The van der Waals surface area contributed by atoms with Crippen LogP contribution in [-0.4, -0.2) is 16.9 Å². The van der Waals surface area contributed by atoms with Crippen molar-refractivity contribution in [2.24, 2.45) is 5.73 Å². The van der Waals surface area contributed by atoms with Crippen molar-refractivity contribution < 1.29 is 18.7 Å². The van der Waals surface area contributed by atoms with E-state index < -0.39 is 23.4 Å². The molecular weight excluding hydrogens is 465 g/mol. The van der Waals surface area contributed by atoms with E-state index >= 15 is 0 Å². The topological polar surface area (TPSA) is 108 Å². The average molecular weight is 481 g/mol. The number of primary amides is 1. The van der Waals surface area contributed by atoms with Crippen molar-refractivity contribution in [1.82, 2.24) is 4.98 Å². The molecule has 6 nitrogen and oxygen atoms in total. The van der Waals surface area contributed by atoms with E-state index in [4.69, 9.17) is 23.1 Å². The number of hydrogen-bond donors (Lipinski definition) is 2. The molecule has 0 saturated carbocycles. The number of nitrogens with two attached hydrogens (primary N) is 2. The summed E-state index contributed by atoms with van der Waals surface area (Å²) >= 11 is 8.87.